The average Bonchev–Trinajstić information content (AvgIpc) is 2.98. The molecule has 0 amide bonds. The lowest BCUT2D eigenvalue weighted by molar-refractivity contribution is -0.173. The van der Waals surface area contributed by atoms with Crippen LogP contribution in [0.25, 0.3) is 0 Å². The maximum atomic E-state index is 11.9. The number of guanidine groups is 1. The molecule has 0 fully saturated rings. The van der Waals surface area contributed by atoms with Gasteiger partial charge in [-0.2, -0.15) is 13.2 Å². The second-order valence-corrected chi connectivity index (χ2v) is 5.80. The Bertz CT molecular complexity index is 441. The molecule has 1 heterocycles. The number of nitrogens with one attached hydrogen (secondary N) is 2. The number of rotatable bonds is 8. The molecule has 0 aromatic carbocycles. The fraction of sp³-hybridized carbons (Fsp3) is 0.643. The highest BCUT2D eigenvalue weighted by atomic mass is 127. The molecule has 9 heteroatoms. The third kappa shape index (κ3) is 10.8. The van der Waals surface area contributed by atoms with Crippen molar-refractivity contribution >= 4 is 41.3 Å². The van der Waals surface area contributed by atoms with Crippen molar-refractivity contribution in [1.29, 1.82) is 0 Å². The summed E-state index contributed by atoms with van der Waals surface area (Å²) >= 11 is 1.71. The van der Waals surface area contributed by atoms with Crippen molar-refractivity contribution in [2.24, 2.45) is 4.99 Å². The molecule has 4 nitrogen and oxygen atoms in total. The molecule has 0 radical (unpaired) electrons. The van der Waals surface area contributed by atoms with Gasteiger partial charge in [-0.3, -0.25) is 4.99 Å². The SMILES string of the molecule is CN=C(NCCCOCC(F)(F)F)NCC(C)c1cccs1.I. The third-order valence-corrected chi connectivity index (χ3v) is 3.96. The first kappa shape index (κ1) is 22.4. The average molecular weight is 465 g/mol. The molecule has 23 heavy (non-hydrogen) atoms. The van der Waals surface area contributed by atoms with Crippen molar-refractivity contribution in [3.63, 3.8) is 0 Å². The fourth-order valence-electron chi connectivity index (χ4n) is 1.71. The van der Waals surface area contributed by atoms with Crippen LogP contribution in [0, 0.1) is 0 Å². The minimum atomic E-state index is -4.26. The van der Waals surface area contributed by atoms with Crippen LogP contribution in [-0.4, -0.2) is 45.5 Å². The number of ether oxygens (including phenoxy) is 1. The van der Waals surface area contributed by atoms with Gasteiger partial charge in [0.1, 0.15) is 6.61 Å². The predicted octanol–water partition coefficient (Wildman–Crippen LogP) is 3.60. The summed E-state index contributed by atoms with van der Waals surface area (Å²) in [6.07, 6.45) is -3.78. The number of hydrogen-bond acceptors (Lipinski definition) is 3. The van der Waals surface area contributed by atoms with Crippen molar-refractivity contribution in [3.8, 4) is 0 Å². The van der Waals surface area contributed by atoms with Crippen LogP contribution < -0.4 is 10.6 Å². The Morgan fingerprint density at radius 1 is 1.39 bits per heavy atom. The van der Waals surface area contributed by atoms with Crippen molar-refractivity contribution in [1.82, 2.24) is 10.6 Å². The molecule has 1 aromatic heterocycles. The minimum Gasteiger partial charge on any atom is -0.372 e. The summed E-state index contributed by atoms with van der Waals surface area (Å²) in [5.41, 5.74) is 0. The number of thiophene rings is 1. The van der Waals surface area contributed by atoms with Crippen molar-refractivity contribution in [3.05, 3.63) is 22.4 Å². The van der Waals surface area contributed by atoms with Crippen LogP contribution in [0.1, 0.15) is 24.1 Å². The normalized spacial score (nSPS) is 13.3. The van der Waals surface area contributed by atoms with Gasteiger partial charge < -0.3 is 15.4 Å². The molecule has 0 aliphatic carbocycles. The minimum absolute atomic E-state index is 0. The van der Waals surface area contributed by atoms with Gasteiger partial charge in [-0.15, -0.1) is 35.3 Å². The Morgan fingerprint density at radius 2 is 2.13 bits per heavy atom. The van der Waals surface area contributed by atoms with E-state index < -0.39 is 12.8 Å². The topological polar surface area (TPSA) is 45.7 Å². The van der Waals surface area contributed by atoms with Crippen LogP contribution in [0.3, 0.4) is 0 Å². The fourth-order valence-corrected chi connectivity index (χ4v) is 2.50. The molecule has 0 spiro atoms. The lowest BCUT2D eigenvalue weighted by atomic mass is 10.1. The van der Waals surface area contributed by atoms with Gasteiger partial charge in [0.15, 0.2) is 5.96 Å². The van der Waals surface area contributed by atoms with Crippen molar-refractivity contribution < 1.29 is 17.9 Å². The second kappa shape index (κ2) is 11.9. The summed E-state index contributed by atoms with van der Waals surface area (Å²) in [4.78, 5) is 5.37. The molecule has 0 saturated carbocycles. The van der Waals surface area contributed by atoms with Crippen LogP contribution >= 0.6 is 35.3 Å². The van der Waals surface area contributed by atoms with Gasteiger partial charge in [0.05, 0.1) is 0 Å². The van der Waals surface area contributed by atoms with Gasteiger partial charge in [-0.1, -0.05) is 13.0 Å². The third-order valence-electron chi connectivity index (χ3n) is 2.85. The quantitative estimate of drug-likeness (QED) is 0.267. The van der Waals surface area contributed by atoms with Crippen LogP contribution in [0.2, 0.25) is 0 Å². The number of nitrogens with zero attached hydrogens (tertiary/aromatic N) is 1. The molecule has 0 aliphatic rings. The first-order chi connectivity index (χ1) is 10.4. The first-order valence-electron chi connectivity index (χ1n) is 7.05. The van der Waals surface area contributed by atoms with E-state index in [2.05, 4.69) is 33.4 Å². The number of aliphatic imine (C=N–C) groups is 1. The second-order valence-electron chi connectivity index (χ2n) is 4.82. The van der Waals surface area contributed by atoms with Gasteiger partial charge in [0, 0.05) is 37.5 Å². The molecule has 2 N–H and O–H groups in total. The van der Waals surface area contributed by atoms with Crippen molar-refractivity contribution in [2.75, 3.05) is 33.4 Å². The van der Waals surface area contributed by atoms with E-state index in [9.17, 15) is 13.2 Å². The molecule has 1 atom stereocenters. The predicted molar refractivity (Wildman–Crippen MR) is 99.0 cm³/mol. The van der Waals surface area contributed by atoms with Crippen LogP contribution in [0.15, 0.2) is 22.5 Å². The van der Waals surface area contributed by atoms with Gasteiger partial charge in [-0.25, -0.2) is 0 Å². The number of hydrogen-bond donors (Lipinski definition) is 2. The zero-order valence-corrected chi connectivity index (χ0v) is 16.3. The van der Waals surface area contributed by atoms with Crippen LogP contribution in [-0.2, 0) is 4.74 Å². The summed E-state index contributed by atoms with van der Waals surface area (Å²) in [6.45, 7) is 2.24. The molecule has 134 valence electrons. The van der Waals surface area contributed by atoms with E-state index in [1.807, 2.05) is 11.4 Å². The van der Waals surface area contributed by atoms with Crippen LogP contribution in [0.5, 0.6) is 0 Å². The number of halogens is 4. The molecule has 0 saturated heterocycles. The largest absolute Gasteiger partial charge is 0.411 e. The van der Waals surface area contributed by atoms with Crippen LogP contribution in [0.4, 0.5) is 13.2 Å². The monoisotopic (exact) mass is 465 g/mol. The molecular formula is C14H23F3IN3OS. The Labute approximate surface area is 155 Å². The highest BCUT2D eigenvalue weighted by Crippen LogP contribution is 2.19. The van der Waals surface area contributed by atoms with E-state index in [0.29, 0.717) is 24.8 Å². The highest BCUT2D eigenvalue weighted by molar-refractivity contribution is 14.0. The smallest absolute Gasteiger partial charge is 0.372 e. The molecular weight excluding hydrogens is 442 g/mol. The van der Waals surface area contributed by atoms with Gasteiger partial charge in [0.25, 0.3) is 0 Å². The lowest BCUT2D eigenvalue weighted by Gasteiger charge is -2.15. The van der Waals surface area contributed by atoms with E-state index >= 15 is 0 Å². The van der Waals surface area contributed by atoms with Gasteiger partial charge >= 0.3 is 6.18 Å². The standard InChI is InChI=1S/C14H22F3N3OS.HI/c1-11(12-5-3-8-22-12)9-20-13(18-2)19-6-4-7-21-10-14(15,16)17;/h3,5,8,11H,4,6-7,9-10H2,1-2H3,(H2,18,19,20);1H. The summed E-state index contributed by atoms with van der Waals surface area (Å²) in [6, 6.07) is 4.11. The Kier molecular flexibility index (Phi) is 11.6. The van der Waals surface area contributed by atoms with E-state index in [1.165, 1.54) is 4.88 Å². The van der Waals surface area contributed by atoms with E-state index in [4.69, 9.17) is 0 Å². The van der Waals surface area contributed by atoms with E-state index in [1.54, 1.807) is 18.4 Å². The molecule has 0 bridgehead atoms. The summed E-state index contributed by atoms with van der Waals surface area (Å²) < 4.78 is 40.2. The van der Waals surface area contributed by atoms with Gasteiger partial charge in [0.2, 0.25) is 0 Å². The zero-order valence-electron chi connectivity index (χ0n) is 13.2. The Morgan fingerprint density at radius 3 is 2.70 bits per heavy atom. The molecule has 1 unspecified atom stereocenters. The lowest BCUT2D eigenvalue weighted by Crippen LogP contribution is -2.39. The van der Waals surface area contributed by atoms with E-state index in [-0.39, 0.29) is 30.6 Å². The molecule has 0 aliphatic heterocycles. The van der Waals surface area contributed by atoms with Crippen molar-refractivity contribution in [2.45, 2.75) is 25.4 Å². The maximum Gasteiger partial charge on any atom is 0.411 e. The maximum absolute atomic E-state index is 11.9. The number of alkyl halides is 3. The zero-order chi connectivity index (χ0) is 16.4. The summed E-state index contributed by atoms with van der Waals surface area (Å²) in [7, 11) is 1.66. The first-order valence-corrected chi connectivity index (χ1v) is 7.92. The summed E-state index contributed by atoms with van der Waals surface area (Å²) in [5, 5.41) is 8.29. The Balaban J connectivity index is 0.00000484. The Hall–Kier alpha value is -0.550. The molecule has 1 aromatic rings. The van der Waals surface area contributed by atoms with E-state index in [0.717, 1.165) is 6.54 Å². The van der Waals surface area contributed by atoms with Gasteiger partial charge in [-0.05, 0) is 17.9 Å². The highest BCUT2D eigenvalue weighted by Gasteiger charge is 2.27. The summed E-state index contributed by atoms with van der Waals surface area (Å²) in [5.74, 6) is 1.01. The molecule has 1 rings (SSSR count).